The zero-order valence-electron chi connectivity index (χ0n) is 17.2. The van der Waals surface area contributed by atoms with Crippen LogP contribution in [0.15, 0.2) is 18.5 Å². The lowest BCUT2D eigenvalue weighted by molar-refractivity contribution is 0.00412. The first-order valence-electron chi connectivity index (χ1n) is 10.2. The zero-order chi connectivity index (χ0) is 20.8. The molecule has 2 heterocycles. The first kappa shape index (κ1) is 19.7. The Labute approximate surface area is 170 Å². The summed E-state index contributed by atoms with van der Waals surface area (Å²) in [7, 11) is 0. The Hall–Kier alpha value is -2.62. The molecule has 0 bridgehead atoms. The Balaban J connectivity index is 1.52. The molecule has 4 rings (SSSR count). The fourth-order valence-corrected chi connectivity index (χ4v) is 4.83. The van der Waals surface area contributed by atoms with Crippen molar-refractivity contribution in [2.45, 2.75) is 58.6 Å². The van der Waals surface area contributed by atoms with Gasteiger partial charge in [0, 0.05) is 13.1 Å². The third-order valence-corrected chi connectivity index (χ3v) is 5.87. The number of imidazole rings is 1. The minimum Gasteiger partial charge on any atom is -0.441 e. The molecule has 1 spiro atoms. The molecule has 1 aromatic carbocycles. The van der Waals surface area contributed by atoms with Crippen LogP contribution in [-0.4, -0.2) is 39.2 Å². The Morgan fingerprint density at radius 3 is 2.93 bits per heavy atom. The fourth-order valence-electron chi connectivity index (χ4n) is 4.83. The summed E-state index contributed by atoms with van der Waals surface area (Å²) in [5.41, 5.74) is 0.818. The molecule has 2 aliphatic rings. The number of nitriles is 1. The van der Waals surface area contributed by atoms with E-state index in [9.17, 15) is 9.18 Å². The summed E-state index contributed by atoms with van der Waals surface area (Å²) in [6, 6.07) is 4.91. The van der Waals surface area contributed by atoms with Crippen LogP contribution in [0.2, 0.25) is 0 Å². The Bertz CT molecular complexity index is 987. The van der Waals surface area contributed by atoms with Gasteiger partial charge in [0.05, 0.1) is 30.0 Å². The van der Waals surface area contributed by atoms with Crippen LogP contribution < -0.4 is 0 Å². The molecule has 1 saturated heterocycles. The van der Waals surface area contributed by atoms with Crippen molar-refractivity contribution in [3.8, 4) is 6.07 Å². The van der Waals surface area contributed by atoms with Gasteiger partial charge >= 0.3 is 6.09 Å². The summed E-state index contributed by atoms with van der Waals surface area (Å²) in [5.74, 6) is -0.169. The van der Waals surface area contributed by atoms with Gasteiger partial charge in [-0.15, -0.1) is 0 Å². The van der Waals surface area contributed by atoms with Gasteiger partial charge in [0.1, 0.15) is 11.1 Å². The molecule has 154 valence electrons. The zero-order valence-corrected chi connectivity index (χ0v) is 17.2. The second kappa shape index (κ2) is 7.01. The lowest BCUT2D eigenvalue weighted by Crippen LogP contribution is -2.41. The van der Waals surface area contributed by atoms with Crippen molar-refractivity contribution < 1.29 is 13.9 Å². The Morgan fingerprint density at radius 2 is 2.21 bits per heavy atom. The third kappa shape index (κ3) is 3.93. The molecular formula is C22H27FN4O2. The van der Waals surface area contributed by atoms with Gasteiger partial charge in [-0.2, -0.15) is 5.26 Å². The molecule has 1 aromatic heterocycles. The summed E-state index contributed by atoms with van der Waals surface area (Å²) < 4.78 is 22.0. The van der Waals surface area contributed by atoms with E-state index in [1.165, 1.54) is 6.07 Å². The predicted molar refractivity (Wildman–Crippen MR) is 107 cm³/mol. The molecule has 2 aromatic rings. The number of benzene rings is 1. The number of fused-ring (bicyclic) bond motifs is 1. The lowest BCUT2D eigenvalue weighted by Gasteiger charge is -2.36. The van der Waals surface area contributed by atoms with Gasteiger partial charge in [0.2, 0.25) is 0 Å². The summed E-state index contributed by atoms with van der Waals surface area (Å²) in [6.07, 6.45) is 5.12. The van der Waals surface area contributed by atoms with Crippen molar-refractivity contribution in [3.63, 3.8) is 0 Å². The van der Waals surface area contributed by atoms with Crippen LogP contribution in [0.1, 0.15) is 52.0 Å². The van der Waals surface area contributed by atoms with Crippen molar-refractivity contribution in [1.82, 2.24) is 14.5 Å². The Kier molecular flexibility index (Phi) is 4.76. The molecule has 1 amide bonds. The molecule has 1 aliphatic carbocycles. The van der Waals surface area contributed by atoms with Gasteiger partial charge in [-0.1, -0.05) is 20.8 Å². The van der Waals surface area contributed by atoms with Crippen LogP contribution >= 0.6 is 0 Å². The Morgan fingerprint density at radius 1 is 1.41 bits per heavy atom. The maximum absolute atomic E-state index is 14.2. The highest BCUT2D eigenvalue weighted by atomic mass is 19.1. The first-order valence-corrected chi connectivity index (χ1v) is 10.2. The predicted octanol–water partition coefficient (Wildman–Crippen LogP) is 4.47. The molecule has 1 saturated carbocycles. The van der Waals surface area contributed by atoms with Crippen molar-refractivity contribution in [3.05, 3.63) is 29.8 Å². The number of rotatable bonds is 3. The van der Waals surface area contributed by atoms with Crippen LogP contribution in [-0.2, 0) is 11.3 Å². The topological polar surface area (TPSA) is 71.2 Å². The number of carbonyl (C=O) groups is 1. The minimum atomic E-state index is -0.472. The quantitative estimate of drug-likeness (QED) is 0.765. The molecular weight excluding hydrogens is 371 g/mol. The fraction of sp³-hybridized carbons (Fsp3) is 0.591. The lowest BCUT2D eigenvalue weighted by atomic mass is 9.77. The first-order chi connectivity index (χ1) is 13.7. The van der Waals surface area contributed by atoms with Crippen LogP contribution in [0.4, 0.5) is 9.18 Å². The summed E-state index contributed by atoms with van der Waals surface area (Å²) in [4.78, 5) is 18.5. The van der Waals surface area contributed by atoms with E-state index in [1.54, 1.807) is 12.4 Å². The van der Waals surface area contributed by atoms with Gasteiger partial charge in [-0.25, -0.2) is 14.2 Å². The van der Waals surface area contributed by atoms with Crippen LogP contribution in [0.3, 0.4) is 0 Å². The number of hydrogen-bond donors (Lipinski definition) is 0. The summed E-state index contributed by atoms with van der Waals surface area (Å²) >= 11 is 0. The highest BCUT2D eigenvalue weighted by Crippen LogP contribution is 2.41. The molecule has 0 radical (unpaired) electrons. The number of amides is 1. The van der Waals surface area contributed by atoms with Crippen LogP contribution in [0.5, 0.6) is 0 Å². The molecule has 0 N–H and O–H groups in total. The number of hydrogen-bond acceptors (Lipinski definition) is 4. The number of ether oxygens (including phenoxy) is 1. The largest absolute Gasteiger partial charge is 0.441 e. The average Bonchev–Trinajstić information content (AvgIpc) is 3.15. The standard InChI is InChI=1S/C22H27FN4O2/c1-21(2,3)12-27-13-22(29-20(27)28)6-4-5-15(9-22)11-26-14-25-19-17(23)7-16(10-24)8-18(19)26/h7-8,14-15H,4-6,9,11-13H2,1-3H3/t15-,22-/m0/s1. The average molecular weight is 398 g/mol. The van der Waals surface area contributed by atoms with Crippen molar-refractivity contribution in [1.29, 1.82) is 5.26 Å². The number of carbonyl (C=O) groups excluding carboxylic acids is 1. The maximum atomic E-state index is 14.2. The van der Waals surface area contributed by atoms with E-state index in [0.29, 0.717) is 36.6 Å². The van der Waals surface area contributed by atoms with Crippen molar-refractivity contribution in [2.75, 3.05) is 13.1 Å². The van der Waals surface area contributed by atoms with Gasteiger partial charge < -0.3 is 14.2 Å². The smallest absolute Gasteiger partial charge is 0.410 e. The minimum absolute atomic E-state index is 0.0247. The molecule has 7 heteroatoms. The summed E-state index contributed by atoms with van der Waals surface area (Å²) in [5, 5.41) is 9.14. The molecule has 1 aliphatic heterocycles. The highest BCUT2D eigenvalue weighted by Gasteiger charge is 2.48. The van der Waals surface area contributed by atoms with Gasteiger partial charge in [0.25, 0.3) is 0 Å². The highest BCUT2D eigenvalue weighted by molar-refractivity contribution is 5.77. The van der Waals surface area contributed by atoms with E-state index >= 15 is 0 Å². The third-order valence-electron chi connectivity index (χ3n) is 5.87. The maximum Gasteiger partial charge on any atom is 0.410 e. The normalized spacial score (nSPS) is 24.9. The number of halogens is 1. The van der Waals surface area contributed by atoms with E-state index in [1.807, 2.05) is 15.5 Å². The van der Waals surface area contributed by atoms with Crippen LogP contribution in [0, 0.1) is 28.5 Å². The molecule has 2 atom stereocenters. The van der Waals surface area contributed by atoms with Crippen LogP contribution in [0.25, 0.3) is 11.0 Å². The van der Waals surface area contributed by atoms with E-state index in [4.69, 9.17) is 10.00 Å². The van der Waals surface area contributed by atoms with E-state index in [0.717, 1.165) is 25.7 Å². The molecule has 2 fully saturated rings. The van der Waals surface area contributed by atoms with Gasteiger partial charge in [0.15, 0.2) is 5.82 Å². The molecule has 29 heavy (non-hydrogen) atoms. The van der Waals surface area contributed by atoms with E-state index in [-0.39, 0.29) is 17.0 Å². The monoisotopic (exact) mass is 398 g/mol. The number of nitrogens with zero attached hydrogens (tertiary/aromatic N) is 4. The second-order valence-electron chi connectivity index (χ2n) is 9.76. The van der Waals surface area contributed by atoms with Gasteiger partial charge in [-0.05, 0) is 49.1 Å². The second-order valence-corrected chi connectivity index (χ2v) is 9.76. The molecule has 6 nitrogen and oxygen atoms in total. The SMILES string of the molecule is CC(C)(C)CN1C[C@@]2(CCC[C@H](Cn3cnc4c(F)cc(C#N)cc43)C2)OC1=O. The number of aromatic nitrogens is 2. The summed E-state index contributed by atoms with van der Waals surface area (Å²) in [6.45, 7) is 8.34. The van der Waals surface area contributed by atoms with E-state index in [2.05, 4.69) is 25.8 Å². The van der Waals surface area contributed by atoms with Gasteiger partial charge in [-0.3, -0.25) is 0 Å². The van der Waals surface area contributed by atoms with Crippen molar-refractivity contribution >= 4 is 17.1 Å². The molecule has 0 unspecified atom stereocenters. The van der Waals surface area contributed by atoms with E-state index < -0.39 is 11.4 Å². The van der Waals surface area contributed by atoms with Crippen molar-refractivity contribution in [2.24, 2.45) is 11.3 Å².